The maximum atomic E-state index is 11.9. The van der Waals surface area contributed by atoms with E-state index in [-0.39, 0.29) is 0 Å². The molecule has 158 valence electrons. The average Bonchev–Trinajstić information content (AvgIpc) is 2.80. The van der Waals surface area contributed by atoms with Crippen molar-refractivity contribution in [3.8, 4) is 0 Å². The van der Waals surface area contributed by atoms with Crippen molar-refractivity contribution in [3.63, 3.8) is 0 Å². The summed E-state index contributed by atoms with van der Waals surface area (Å²) in [6, 6.07) is 27.4. The van der Waals surface area contributed by atoms with Crippen LogP contribution in [0.5, 0.6) is 0 Å². The fourth-order valence-electron chi connectivity index (χ4n) is 3.94. The third-order valence-corrected chi connectivity index (χ3v) is 6.51. The van der Waals surface area contributed by atoms with Gasteiger partial charge in [-0.2, -0.15) is 0 Å². The molecule has 0 fully saturated rings. The Morgan fingerprint density at radius 3 is 1.30 bits per heavy atom. The van der Waals surface area contributed by atoms with Crippen LogP contribution in [-0.2, 0) is 5.41 Å². The zero-order valence-corrected chi connectivity index (χ0v) is 17.8. The number of halogens is 1. The Balaban J connectivity index is 2.37. The molecule has 4 atom stereocenters. The highest BCUT2D eigenvalue weighted by molar-refractivity contribution is 9.10. The van der Waals surface area contributed by atoms with Gasteiger partial charge in [0, 0.05) is 0 Å². The van der Waals surface area contributed by atoms with Crippen LogP contribution in [0.2, 0.25) is 0 Å². The van der Waals surface area contributed by atoms with Crippen LogP contribution in [0.1, 0.15) is 16.7 Å². The van der Waals surface area contributed by atoms with E-state index in [1.807, 2.05) is 91.0 Å². The Hall–Kier alpha value is -2.06. The van der Waals surface area contributed by atoms with Gasteiger partial charge in [-0.15, -0.1) is 0 Å². The predicted octanol–water partition coefficient (Wildman–Crippen LogP) is 2.18. The molecule has 0 spiro atoms. The molecule has 0 aliphatic carbocycles. The number of aliphatic hydroxyl groups is 5. The van der Waals surface area contributed by atoms with Crippen LogP contribution in [0.15, 0.2) is 91.0 Å². The minimum Gasteiger partial charge on any atom is -0.394 e. The number of rotatable bonds is 8. The lowest BCUT2D eigenvalue weighted by Gasteiger charge is -2.48. The average molecular weight is 473 g/mol. The summed E-state index contributed by atoms with van der Waals surface area (Å²) in [5, 5.41) is 52.6. The highest BCUT2D eigenvalue weighted by atomic mass is 79.9. The molecule has 0 heterocycles. The second-order valence-corrected chi connectivity index (χ2v) is 8.42. The second-order valence-electron chi connectivity index (χ2n) is 7.21. The molecular weight excluding hydrogens is 448 g/mol. The quantitative estimate of drug-likeness (QED) is 0.255. The number of aliphatic hydroxyl groups excluding tert-OH is 4. The van der Waals surface area contributed by atoms with Gasteiger partial charge in [0.05, 0.1) is 12.0 Å². The number of hydrogen-bond acceptors (Lipinski definition) is 5. The molecule has 6 heteroatoms. The highest BCUT2D eigenvalue weighted by Gasteiger charge is 2.58. The smallest absolute Gasteiger partial charge is 0.165 e. The first-order valence-electron chi connectivity index (χ1n) is 9.60. The second kappa shape index (κ2) is 9.39. The fraction of sp³-hybridized carbons (Fsp3) is 0.250. The molecule has 0 bridgehead atoms. The van der Waals surface area contributed by atoms with Crippen LogP contribution in [0.4, 0.5) is 0 Å². The van der Waals surface area contributed by atoms with Gasteiger partial charge in [-0.05, 0) is 32.6 Å². The number of hydrogen-bond donors (Lipinski definition) is 5. The van der Waals surface area contributed by atoms with E-state index in [9.17, 15) is 25.5 Å². The van der Waals surface area contributed by atoms with E-state index < -0.39 is 34.8 Å². The lowest BCUT2D eigenvalue weighted by atomic mass is 9.63. The van der Waals surface area contributed by atoms with Crippen LogP contribution in [0.25, 0.3) is 0 Å². The van der Waals surface area contributed by atoms with Crippen molar-refractivity contribution in [1.82, 2.24) is 0 Å². The summed E-state index contributed by atoms with van der Waals surface area (Å²) in [5.41, 5.74) is 0.608. The summed E-state index contributed by atoms with van der Waals surface area (Å²) in [6.45, 7) is -0.768. The molecule has 0 saturated carbocycles. The van der Waals surface area contributed by atoms with E-state index in [1.54, 1.807) is 0 Å². The maximum absolute atomic E-state index is 11.9. The van der Waals surface area contributed by atoms with Crippen molar-refractivity contribution in [2.45, 2.75) is 28.2 Å². The summed E-state index contributed by atoms with van der Waals surface area (Å²) in [5.74, 6) is 0. The van der Waals surface area contributed by atoms with Crippen molar-refractivity contribution in [2.75, 3.05) is 6.61 Å². The van der Waals surface area contributed by atoms with E-state index in [1.165, 1.54) is 0 Å². The first-order chi connectivity index (χ1) is 14.4. The zero-order valence-electron chi connectivity index (χ0n) is 16.2. The van der Waals surface area contributed by atoms with Crippen molar-refractivity contribution in [2.24, 2.45) is 0 Å². The molecule has 5 nitrogen and oxygen atoms in total. The largest absolute Gasteiger partial charge is 0.394 e. The lowest BCUT2D eigenvalue weighted by molar-refractivity contribution is -0.135. The Morgan fingerprint density at radius 2 is 1.00 bits per heavy atom. The van der Waals surface area contributed by atoms with Crippen LogP contribution in [-0.4, -0.2) is 55.0 Å². The van der Waals surface area contributed by atoms with Gasteiger partial charge in [-0.25, -0.2) is 0 Å². The molecule has 3 aromatic rings. The third kappa shape index (κ3) is 3.83. The maximum Gasteiger partial charge on any atom is 0.165 e. The summed E-state index contributed by atoms with van der Waals surface area (Å²) >= 11 is 3.33. The van der Waals surface area contributed by atoms with E-state index in [2.05, 4.69) is 15.9 Å². The standard InChI is InChI=1S/C24H25BrO5/c25-24(30,22(29)21(28)20(27)16-26)23(17-10-4-1-5-11-17,18-12-6-2-7-13-18)19-14-8-3-9-15-19/h1-15,20-22,26-30H,16H2/t20-,21-,22-,24?/m1/s1. The van der Waals surface area contributed by atoms with Crippen LogP contribution in [0, 0.1) is 0 Å². The topological polar surface area (TPSA) is 101 Å². The van der Waals surface area contributed by atoms with Crippen LogP contribution in [0.3, 0.4) is 0 Å². The molecule has 0 amide bonds. The van der Waals surface area contributed by atoms with Gasteiger partial charge in [-0.3, -0.25) is 0 Å². The molecule has 1 unspecified atom stereocenters. The van der Waals surface area contributed by atoms with Gasteiger partial charge in [0.2, 0.25) is 0 Å². The monoisotopic (exact) mass is 472 g/mol. The normalized spacial score (nSPS) is 17.0. The number of benzene rings is 3. The first kappa shape index (κ1) is 22.6. The minimum atomic E-state index is -2.17. The molecule has 0 aromatic heterocycles. The Labute approximate surface area is 184 Å². The number of alkyl halides is 1. The summed E-state index contributed by atoms with van der Waals surface area (Å²) in [4.78, 5) is 0. The molecule has 5 N–H and O–H groups in total. The fourth-order valence-corrected chi connectivity index (χ4v) is 4.90. The van der Waals surface area contributed by atoms with E-state index >= 15 is 0 Å². The van der Waals surface area contributed by atoms with Crippen LogP contribution >= 0.6 is 15.9 Å². The SMILES string of the molecule is OC[C@@H](O)[C@@H](O)[C@@H](O)C(O)(Br)C(c1ccccc1)(c1ccccc1)c1ccccc1. The Bertz CT molecular complexity index is 821. The predicted molar refractivity (Wildman–Crippen MR) is 118 cm³/mol. The third-order valence-electron chi connectivity index (χ3n) is 5.44. The molecule has 0 aliphatic heterocycles. The summed E-state index contributed by atoms with van der Waals surface area (Å²) in [6.07, 6.45) is -5.31. The Kier molecular flexibility index (Phi) is 7.08. The van der Waals surface area contributed by atoms with Crippen molar-refractivity contribution in [3.05, 3.63) is 108 Å². The van der Waals surface area contributed by atoms with Gasteiger partial charge in [0.1, 0.15) is 18.3 Å². The molecular formula is C24H25BrO5. The molecule has 0 radical (unpaired) electrons. The Morgan fingerprint density at radius 1 is 0.667 bits per heavy atom. The van der Waals surface area contributed by atoms with Crippen molar-refractivity contribution >= 4 is 15.9 Å². The van der Waals surface area contributed by atoms with Gasteiger partial charge in [0.25, 0.3) is 0 Å². The molecule has 30 heavy (non-hydrogen) atoms. The van der Waals surface area contributed by atoms with E-state index in [4.69, 9.17) is 0 Å². The molecule has 0 aliphatic rings. The molecule has 3 aromatic carbocycles. The molecule has 0 saturated heterocycles. The van der Waals surface area contributed by atoms with Crippen molar-refractivity contribution < 1.29 is 25.5 Å². The van der Waals surface area contributed by atoms with Gasteiger partial charge in [-0.1, -0.05) is 91.0 Å². The van der Waals surface area contributed by atoms with Gasteiger partial charge >= 0.3 is 0 Å². The molecule has 3 rings (SSSR count). The lowest BCUT2D eigenvalue weighted by Crippen LogP contribution is -2.61. The van der Waals surface area contributed by atoms with Crippen molar-refractivity contribution in [1.29, 1.82) is 0 Å². The first-order valence-corrected chi connectivity index (χ1v) is 10.4. The zero-order chi connectivity index (χ0) is 21.8. The summed E-state index contributed by atoms with van der Waals surface area (Å²) in [7, 11) is 0. The van der Waals surface area contributed by atoms with E-state index in [0.717, 1.165) is 0 Å². The van der Waals surface area contributed by atoms with Crippen LogP contribution < -0.4 is 0 Å². The minimum absolute atomic E-state index is 0.659. The highest BCUT2D eigenvalue weighted by Crippen LogP contribution is 2.52. The summed E-state index contributed by atoms with van der Waals surface area (Å²) < 4.78 is -2.17. The van der Waals surface area contributed by atoms with Gasteiger partial charge < -0.3 is 25.5 Å². The van der Waals surface area contributed by atoms with E-state index in [0.29, 0.717) is 16.7 Å². The van der Waals surface area contributed by atoms with Gasteiger partial charge in [0.15, 0.2) is 4.51 Å².